The van der Waals surface area contributed by atoms with E-state index >= 15 is 0 Å². The van der Waals surface area contributed by atoms with Gasteiger partial charge < -0.3 is 14.9 Å². The third kappa shape index (κ3) is 29.3. The fourth-order valence-corrected chi connectivity index (χ4v) is 15.5. The Labute approximate surface area is 631 Å². The molecule has 0 radical (unpaired) electrons. The molecule has 2 heterocycles. The number of para-hydroxylation sites is 2. The molecule has 0 saturated carbocycles. The van der Waals surface area contributed by atoms with Gasteiger partial charge in [-0.25, -0.2) is 86.0 Å². The lowest BCUT2D eigenvalue weighted by Gasteiger charge is -2.13. The summed E-state index contributed by atoms with van der Waals surface area (Å²) in [5.74, 6) is -9.39. The number of nitrogens with one attached hydrogen (secondary N) is 5. The molecule has 7 N–H and O–H groups in total. The molecule has 586 valence electrons. The summed E-state index contributed by atoms with van der Waals surface area (Å²) < 4.78 is 266. The van der Waals surface area contributed by atoms with E-state index in [9.17, 15) is 90.8 Å². The summed E-state index contributed by atoms with van der Waals surface area (Å²) in [6.07, 6.45) is 4.87. The SMILES string of the molecule is C.CCCS(=O)(=O)Nc1ccc(F)c(C=O)c1F.CCCS(=O)(=O)Nc1ccc(F)c(CBr)c1F.CCCS(=O)(=O)Nc1ccc(F)c(CBr)c1F.CCCS(=O)(=O)Nc1ccc(F)c(CO)c1F.CCCS(=O)(=O)Nc1ccc(F)c(COc2cnc3ccccc3c2)c1F.Oc1cnc2ccccc2c1. The van der Waals surface area contributed by atoms with Gasteiger partial charge in [0.05, 0.1) is 104 Å². The number of ether oxygens (including phenoxy) is 1. The molecular formula is C69H77Br2F10N7O14S5. The monoisotopic (exact) mass is 1740 g/mol. The molecule has 9 aromatic rings. The number of anilines is 5. The van der Waals surface area contributed by atoms with Crippen LogP contribution in [-0.2, 0) is 74.0 Å². The second kappa shape index (κ2) is 43.6. The number of hydrogen-bond donors (Lipinski definition) is 7. The Kier molecular flexibility index (Phi) is 37.8. The first-order valence-corrected chi connectivity index (χ1v) is 42.0. The van der Waals surface area contributed by atoms with Crippen molar-refractivity contribution in [2.45, 2.75) is 98.0 Å². The van der Waals surface area contributed by atoms with Gasteiger partial charge >= 0.3 is 0 Å². The smallest absolute Gasteiger partial charge is 0.232 e. The molecule has 0 aliphatic heterocycles. The number of aliphatic hydroxyl groups is 1. The van der Waals surface area contributed by atoms with Gasteiger partial charge in [0.2, 0.25) is 50.1 Å². The Morgan fingerprint density at radius 3 is 1.06 bits per heavy atom. The number of sulfonamides is 5. The maximum Gasteiger partial charge on any atom is 0.232 e. The predicted molar refractivity (Wildman–Crippen MR) is 403 cm³/mol. The summed E-state index contributed by atoms with van der Waals surface area (Å²) in [5.41, 5.74) is -1.96. The number of rotatable bonds is 27. The van der Waals surface area contributed by atoms with Crippen molar-refractivity contribution in [2.24, 2.45) is 0 Å². The molecule has 0 fully saturated rings. The van der Waals surface area contributed by atoms with Crippen molar-refractivity contribution in [3.63, 3.8) is 0 Å². The van der Waals surface area contributed by atoms with E-state index in [0.717, 1.165) is 82.5 Å². The highest BCUT2D eigenvalue weighted by Gasteiger charge is 2.23. The van der Waals surface area contributed by atoms with E-state index in [2.05, 4.69) is 56.0 Å². The van der Waals surface area contributed by atoms with Crippen molar-refractivity contribution in [1.29, 1.82) is 0 Å². The number of carbonyl (C=O) groups excluding carboxylic acids is 1. The number of alkyl halides is 2. The molecular weight excluding hydrogens is 1660 g/mol. The fourth-order valence-electron chi connectivity index (χ4n) is 8.77. The Bertz CT molecular complexity index is 4870. The standard InChI is InChI=1S/C19H18F2N2O3S.2C10H12BrF2NO2S.C10H13F2NO3S.C10H11F2NO3S.C9H7NO.CH4/c1-2-9-27(24,25)23-18-8-7-16(20)15(19(18)21)12-26-14-10-13-5-3-4-6-17(13)22-11-14;2*1-2-5-17(15,16)14-9-4-3-8(12)7(6-11)10(9)13;2*1-2-5-17(15,16)13-9-4-3-8(11)7(6-14)10(9)12;11-8-5-7-3-1-2-4-9(7)10-6-8;/h3-8,10-11,23H,2,9,12H2,1H3;2*3-4,14H,2,5-6H2,1H3;3-4,13-14H,2,5-6H2,1H3;3-4,6,13H,2,5H2,1H3;1-6,11H;1H4. The number of fused-ring (bicyclic) bond motifs is 2. The minimum Gasteiger partial charge on any atom is -0.506 e. The average Bonchev–Trinajstić information content (AvgIpc) is 0.841. The lowest BCUT2D eigenvalue weighted by atomic mass is 10.2. The molecule has 38 heteroatoms. The molecule has 0 atom stereocenters. The summed E-state index contributed by atoms with van der Waals surface area (Å²) >= 11 is 5.89. The van der Waals surface area contributed by atoms with Crippen LogP contribution < -0.4 is 28.3 Å². The summed E-state index contributed by atoms with van der Waals surface area (Å²) in [7, 11) is -18.1. The molecule has 7 aromatic carbocycles. The van der Waals surface area contributed by atoms with Gasteiger partial charge in [0.1, 0.15) is 47.2 Å². The van der Waals surface area contributed by atoms with Gasteiger partial charge in [0, 0.05) is 32.6 Å². The van der Waals surface area contributed by atoms with Crippen molar-refractivity contribution >= 4 is 139 Å². The van der Waals surface area contributed by atoms with Gasteiger partial charge in [-0.3, -0.25) is 38.4 Å². The second-order valence-electron chi connectivity index (χ2n) is 22.1. The van der Waals surface area contributed by atoms with Gasteiger partial charge in [-0.05, 0) is 117 Å². The highest BCUT2D eigenvalue weighted by molar-refractivity contribution is 9.08. The quantitative estimate of drug-likeness (QED) is 0.0143. The number of nitrogens with zero attached hydrogens (tertiary/aromatic N) is 2. The van der Waals surface area contributed by atoms with Crippen molar-refractivity contribution in [3.05, 3.63) is 220 Å². The Balaban J connectivity index is 0.000000339. The van der Waals surface area contributed by atoms with Crippen LogP contribution >= 0.6 is 31.9 Å². The third-order valence-corrected chi connectivity index (χ3v) is 22.1. The van der Waals surface area contributed by atoms with Gasteiger partial charge in [0.25, 0.3) is 0 Å². The van der Waals surface area contributed by atoms with Crippen molar-refractivity contribution in [2.75, 3.05) is 52.4 Å². The lowest BCUT2D eigenvalue weighted by Crippen LogP contribution is -2.18. The number of halogens is 12. The highest BCUT2D eigenvalue weighted by atomic mass is 79.9. The molecule has 0 spiro atoms. The number of aliphatic hydroxyl groups excluding tert-OH is 1. The van der Waals surface area contributed by atoms with Crippen LogP contribution in [0.5, 0.6) is 11.5 Å². The number of aromatic nitrogens is 2. The molecule has 2 aromatic heterocycles. The number of aromatic hydroxyl groups is 1. The van der Waals surface area contributed by atoms with E-state index in [-0.39, 0.29) is 98.3 Å². The number of benzene rings is 7. The third-order valence-electron chi connectivity index (χ3n) is 13.6. The van der Waals surface area contributed by atoms with Gasteiger partial charge in [0.15, 0.2) is 35.4 Å². The first-order chi connectivity index (χ1) is 49.9. The second-order valence-corrected chi connectivity index (χ2v) is 32.4. The van der Waals surface area contributed by atoms with Gasteiger partial charge in [-0.2, -0.15) is 0 Å². The Hall–Kier alpha value is -8.40. The highest BCUT2D eigenvalue weighted by Crippen LogP contribution is 2.29. The number of hydrogen-bond acceptors (Lipinski definition) is 16. The molecule has 9 rings (SSSR count). The molecule has 0 saturated heterocycles. The zero-order valence-electron chi connectivity index (χ0n) is 56.9. The number of pyridine rings is 2. The first kappa shape index (κ1) is 92.8. The molecule has 0 bridgehead atoms. The Morgan fingerprint density at radius 1 is 0.411 bits per heavy atom. The van der Waals surface area contributed by atoms with Crippen LogP contribution in [0.2, 0.25) is 0 Å². The van der Waals surface area contributed by atoms with Crippen LogP contribution in [0.4, 0.5) is 72.3 Å². The van der Waals surface area contributed by atoms with Crippen LogP contribution in [0.3, 0.4) is 0 Å². The summed E-state index contributed by atoms with van der Waals surface area (Å²) in [6.45, 7) is 7.17. The summed E-state index contributed by atoms with van der Waals surface area (Å²) in [5, 5.41) is 19.6. The van der Waals surface area contributed by atoms with E-state index in [1.165, 1.54) is 12.4 Å². The van der Waals surface area contributed by atoms with E-state index < -0.39 is 138 Å². The maximum atomic E-state index is 14.6. The molecule has 107 heavy (non-hydrogen) atoms. The van der Waals surface area contributed by atoms with Gasteiger partial charge in [-0.1, -0.05) is 110 Å². The van der Waals surface area contributed by atoms with Crippen LogP contribution in [-0.4, -0.2) is 97.3 Å². The van der Waals surface area contributed by atoms with E-state index in [1.54, 1.807) is 46.8 Å². The van der Waals surface area contributed by atoms with Crippen LogP contribution in [0, 0.1) is 58.2 Å². The zero-order chi connectivity index (χ0) is 79.3. The maximum absolute atomic E-state index is 14.6. The van der Waals surface area contributed by atoms with E-state index in [4.69, 9.17) is 14.9 Å². The summed E-state index contributed by atoms with van der Waals surface area (Å²) in [6, 6.07) is 28.4. The normalized spacial score (nSPS) is 11.2. The van der Waals surface area contributed by atoms with Crippen LogP contribution in [0.25, 0.3) is 21.8 Å². The minimum atomic E-state index is -3.69. The molecule has 0 aliphatic carbocycles. The summed E-state index contributed by atoms with van der Waals surface area (Å²) in [4.78, 5) is 18.7. The lowest BCUT2D eigenvalue weighted by molar-refractivity contribution is 0.111. The fraction of sp³-hybridized carbons (Fsp3) is 0.290. The zero-order valence-corrected chi connectivity index (χ0v) is 64.2. The number of carbonyl (C=O) groups is 1. The predicted octanol–water partition coefficient (Wildman–Crippen LogP) is 16.4. The average molecular weight is 1740 g/mol. The topological polar surface area (TPSA) is 323 Å². The molecule has 0 amide bonds. The molecule has 21 nitrogen and oxygen atoms in total. The minimum absolute atomic E-state index is 0. The van der Waals surface area contributed by atoms with Gasteiger partial charge in [-0.15, -0.1) is 0 Å². The van der Waals surface area contributed by atoms with E-state index in [0.29, 0.717) is 37.9 Å². The van der Waals surface area contributed by atoms with Crippen molar-refractivity contribution in [3.8, 4) is 11.5 Å². The molecule has 0 unspecified atom stereocenters. The largest absolute Gasteiger partial charge is 0.506 e. The van der Waals surface area contributed by atoms with Crippen molar-refractivity contribution in [1.82, 2.24) is 9.97 Å². The Morgan fingerprint density at radius 2 is 0.710 bits per heavy atom. The van der Waals surface area contributed by atoms with Crippen molar-refractivity contribution < 1.29 is 106 Å². The van der Waals surface area contributed by atoms with E-state index in [1.807, 2.05) is 58.0 Å². The number of aldehydes is 1. The molecule has 0 aliphatic rings. The van der Waals surface area contributed by atoms with Crippen LogP contribution in [0.15, 0.2) is 134 Å². The van der Waals surface area contributed by atoms with Crippen LogP contribution in [0.1, 0.15) is 107 Å². The first-order valence-electron chi connectivity index (χ1n) is 31.5.